The number of carbonyl (C=O) groups excluding carboxylic acids is 1. The van der Waals surface area contributed by atoms with Gasteiger partial charge < -0.3 is 14.6 Å². The van der Waals surface area contributed by atoms with Crippen molar-refractivity contribution < 1.29 is 13.9 Å². The van der Waals surface area contributed by atoms with Gasteiger partial charge in [0.2, 0.25) is 0 Å². The Morgan fingerprint density at radius 1 is 1.30 bits per heavy atom. The number of rotatable bonds is 6. The zero-order valence-corrected chi connectivity index (χ0v) is 15.3. The SMILES string of the molecule is CCN(Cc1nc2cc(Cl)ccc2c(=O)[nH]1)C(=O)COc1cccc(F)c1. The molecule has 3 aromatic rings. The van der Waals surface area contributed by atoms with E-state index < -0.39 is 5.82 Å². The van der Waals surface area contributed by atoms with Gasteiger partial charge in [-0.25, -0.2) is 9.37 Å². The van der Waals surface area contributed by atoms with Crippen LogP contribution in [0, 0.1) is 5.82 Å². The molecular formula is C19H17ClFN3O3. The molecule has 2 aromatic carbocycles. The van der Waals surface area contributed by atoms with Gasteiger partial charge >= 0.3 is 0 Å². The van der Waals surface area contributed by atoms with E-state index in [-0.39, 0.29) is 30.4 Å². The zero-order valence-electron chi connectivity index (χ0n) is 14.5. The van der Waals surface area contributed by atoms with E-state index in [0.717, 1.165) is 0 Å². The number of halogens is 2. The van der Waals surface area contributed by atoms with Crippen molar-refractivity contribution in [3.05, 3.63) is 69.5 Å². The molecular weight excluding hydrogens is 373 g/mol. The number of fused-ring (bicyclic) bond motifs is 1. The molecule has 3 rings (SSSR count). The predicted molar refractivity (Wildman–Crippen MR) is 100 cm³/mol. The molecule has 0 atom stereocenters. The smallest absolute Gasteiger partial charge is 0.260 e. The average Bonchev–Trinajstić information content (AvgIpc) is 2.64. The van der Waals surface area contributed by atoms with Crippen LogP contribution in [0.2, 0.25) is 5.02 Å². The van der Waals surface area contributed by atoms with E-state index in [1.807, 2.05) is 0 Å². The minimum absolute atomic E-state index is 0.111. The largest absolute Gasteiger partial charge is 0.484 e. The number of benzene rings is 2. The van der Waals surface area contributed by atoms with Crippen LogP contribution in [0.1, 0.15) is 12.7 Å². The summed E-state index contributed by atoms with van der Waals surface area (Å²) in [4.78, 5) is 33.1. The van der Waals surface area contributed by atoms with Crippen LogP contribution < -0.4 is 10.3 Å². The summed E-state index contributed by atoms with van der Waals surface area (Å²) < 4.78 is 18.5. The summed E-state index contributed by atoms with van der Waals surface area (Å²) in [5, 5.41) is 0.894. The molecule has 0 saturated heterocycles. The number of H-pyrrole nitrogens is 1. The van der Waals surface area contributed by atoms with Crippen molar-refractivity contribution in [3.8, 4) is 5.75 Å². The number of aromatic amines is 1. The Balaban J connectivity index is 1.73. The Labute approximate surface area is 159 Å². The maximum atomic E-state index is 13.2. The van der Waals surface area contributed by atoms with Gasteiger partial charge in [-0.15, -0.1) is 0 Å². The Morgan fingerprint density at radius 3 is 2.85 bits per heavy atom. The minimum atomic E-state index is -0.441. The van der Waals surface area contributed by atoms with Crippen molar-refractivity contribution in [2.75, 3.05) is 13.2 Å². The first-order valence-electron chi connectivity index (χ1n) is 8.31. The third-order valence-corrected chi connectivity index (χ3v) is 4.19. The minimum Gasteiger partial charge on any atom is -0.484 e. The third kappa shape index (κ3) is 4.62. The lowest BCUT2D eigenvalue weighted by atomic mass is 10.2. The maximum Gasteiger partial charge on any atom is 0.260 e. The first-order chi connectivity index (χ1) is 13.0. The highest BCUT2D eigenvalue weighted by atomic mass is 35.5. The first-order valence-corrected chi connectivity index (χ1v) is 8.68. The number of nitrogens with zero attached hydrogens (tertiary/aromatic N) is 2. The molecule has 1 N–H and O–H groups in total. The van der Waals surface area contributed by atoms with Crippen LogP contribution in [0.3, 0.4) is 0 Å². The van der Waals surface area contributed by atoms with Crippen LogP contribution in [0.25, 0.3) is 10.9 Å². The number of hydrogen-bond acceptors (Lipinski definition) is 4. The summed E-state index contributed by atoms with van der Waals surface area (Å²) in [7, 11) is 0. The molecule has 0 aliphatic carbocycles. The molecule has 0 saturated carbocycles. The van der Waals surface area contributed by atoms with Crippen molar-refractivity contribution >= 4 is 28.4 Å². The van der Waals surface area contributed by atoms with Gasteiger partial charge in [-0.3, -0.25) is 9.59 Å². The van der Waals surface area contributed by atoms with Gasteiger partial charge in [-0.05, 0) is 37.3 Å². The molecule has 0 bridgehead atoms. The predicted octanol–water partition coefficient (Wildman–Crippen LogP) is 3.14. The molecule has 1 aromatic heterocycles. The van der Waals surface area contributed by atoms with E-state index in [0.29, 0.717) is 28.3 Å². The molecule has 0 fully saturated rings. The zero-order chi connectivity index (χ0) is 19.4. The fraction of sp³-hybridized carbons (Fsp3) is 0.211. The van der Waals surface area contributed by atoms with E-state index >= 15 is 0 Å². The summed E-state index contributed by atoms with van der Waals surface area (Å²) in [5.41, 5.74) is 0.159. The third-order valence-electron chi connectivity index (χ3n) is 3.95. The highest BCUT2D eigenvalue weighted by Crippen LogP contribution is 2.15. The molecule has 0 aliphatic heterocycles. The summed E-state index contributed by atoms with van der Waals surface area (Å²) >= 11 is 5.96. The topological polar surface area (TPSA) is 75.3 Å². The number of carbonyl (C=O) groups is 1. The van der Waals surface area contributed by atoms with E-state index in [4.69, 9.17) is 16.3 Å². The highest BCUT2D eigenvalue weighted by molar-refractivity contribution is 6.31. The molecule has 27 heavy (non-hydrogen) atoms. The van der Waals surface area contributed by atoms with Crippen molar-refractivity contribution in [1.82, 2.24) is 14.9 Å². The van der Waals surface area contributed by atoms with Crippen LogP contribution in [0.5, 0.6) is 5.75 Å². The van der Waals surface area contributed by atoms with Crippen LogP contribution in [0.4, 0.5) is 4.39 Å². The number of ether oxygens (including phenoxy) is 1. The number of aromatic nitrogens is 2. The molecule has 1 amide bonds. The van der Waals surface area contributed by atoms with E-state index in [1.54, 1.807) is 31.2 Å². The molecule has 140 valence electrons. The molecule has 0 aliphatic rings. The Kier molecular flexibility index (Phi) is 5.71. The van der Waals surface area contributed by atoms with Gasteiger partial charge in [0.1, 0.15) is 17.4 Å². The maximum absolute atomic E-state index is 13.2. The van der Waals surface area contributed by atoms with Crippen molar-refractivity contribution in [3.63, 3.8) is 0 Å². The molecule has 0 radical (unpaired) electrons. The Bertz CT molecular complexity index is 1040. The molecule has 0 unspecified atom stereocenters. The van der Waals surface area contributed by atoms with Crippen LogP contribution >= 0.6 is 11.6 Å². The fourth-order valence-corrected chi connectivity index (χ4v) is 2.75. The van der Waals surface area contributed by atoms with Gasteiger partial charge in [0.05, 0.1) is 17.4 Å². The second kappa shape index (κ2) is 8.18. The van der Waals surface area contributed by atoms with Gasteiger partial charge in [-0.1, -0.05) is 17.7 Å². The monoisotopic (exact) mass is 389 g/mol. The van der Waals surface area contributed by atoms with E-state index in [2.05, 4.69) is 9.97 Å². The van der Waals surface area contributed by atoms with Crippen LogP contribution in [-0.2, 0) is 11.3 Å². The van der Waals surface area contributed by atoms with E-state index in [9.17, 15) is 14.0 Å². The fourth-order valence-electron chi connectivity index (χ4n) is 2.59. The van der Waals surface area contributed by atoms with Crippen LogP contribution in [0.15, 0.2) is 47.3 Å². The normalized spacial score (nSPS) is 10.8. The lowest BCUT2D eigenvalue weighted by Crippen LogP contribution is -2.35. The lowest BCUT2D eigenvalue weighted by molar-refractivity contribution is -0.133. The molecule has 1 heterocycles. The summed E-state index contributed by atoms with van der Waals surface area (Å²) in [6, 6.07) is 10.4. The average molecular weight is 390 g/mol. The molecule has 6 nitrogen and oxygen atoms in total. The quantitative estimate of drug-likeness (QED) is 0.702. The number of likely N-dealkylation sites (N-methyl/N-ethyl adjacent to an activating group) is 1. The second-order valence-corrected chi connectivity index (χ2v) is 6.26. The van der Waals surface area contributed by atoms with Gasteiger partial charge in [0, 0.05) is 17.6 Å². The second-order valence-electron chi connectivity index (χ2n) is 5.83. The standard InChI is InChI=1S/C19H17ClFN3O3/c1-2-24(18(25)11-27-14-5-3-4-13(21)9-14)10-17-22-16-8-12(20)6-7-15(16)19(26)23-17/h3-9H,2,10-11H2,1H3,(H,22,23,26). The van der Waals surface area contributed by atoms with E-state index in [1.165, 1.54) is 23.1 Å². The Hall–Kier alpha value is -2.93. The van der Waals surface area contributed by atoms with Gasteiger partial charge in [0.15, 0.2) is 6.61 Å². The summed E-state index contributed by atoms with van der Waals surface area (Å²) in [6.07, 6.45) is 0. The van der Waals surface area contributed by atoms with Gasteiger partial charge in [0.25, 0.3) is 11.5 Å². The molecule has 0 spiro atoms. The number of hydrogen-bond donors (Lipinski definition) is 1. The summed E-state index contributed by atoms with van der Waals surface area (Å²) in [5.74, 6) is -0.137. The lowest BCUT2D eigenvalue weighted by Gasteiger charge is -2.20. The van der Waals surface area contributed by atoms with Crippen molar-refractivity contribution in [2.45, 2.75) is 13.5 Å². The number of amides is 1. The molecule has 8 heteroatoms. The highest BCUT2D eigenvalue weighted by Gasteiger charge is 2.15. The van der Waals surface area contributed by atoms with Crippen molar-refractivity contribution in [1.29, 1.82) is 0 Å². The van der Waals surface area contributed by atoms with Gasteiger partial charge in [-0.2, -0.15) is 0 Å². The van der Waals surface area contributed by atoms with Crippen LogP contribution in [-0.4, -0.2) is 33.9 Å². The number of nitrogens with one attached hydrogen (secondary N) is 1. The first kappa shape index (κ1) is 18.8. The summed E-state index contributed by atoms with van der Waals surface area (Å²) in [6.45, 7) is 2.05. The van der Waals surface area contributed by atoms with Crippen molar-refractivity contribution in [2.24, 2.45) is 0 Å². The Morgan fingerprint density at radius 2 is 2.11 bits per heavy atom.